The van der Waals surface area contributed by atoms with Crippen molar-refractivity contribution in [2.45, 2.75) is 19.3 Å². The van der Waals surface area contributed by atoms with Crippen LogP contribution in [0.25, 0.3) is 0 Å². The van der Waals surface area contributed by atoms with Crippen molar-refractivity contribution in [1.29, 1.82) is 0 Å². The SMILES string of the molecule is C1=C[C](C2=CCC2)C1. The van der Waals surface area contributed by atoms with Crippen molar-refractivity contribution in [2.24, 2.45) is 0 Å². The molecule has 0 aliphatic heterocycles. The van der Waals surface area contributed by atoms with Crippen molar-refractivity contribution >= 4 is 0 Å². The van der Waals surface area contributed by atoms with E-state index in [0.29, 0.717) is 0 Å². The van der Waals surface area contributed by atoms with E-state index >= 15 is 0 Å². The second-order valence-electron chi connectivity index (χ2n) is 2.40. The van der Waals surface area contributed by atoms with E-state index in [1.165, 1.54) is 19.3 Å². The summed E-state index contributed by atoms with van der Waals surface area (Å²) < 4.78 is 0. The van der Waals surface area contributed by atoms with Gasteiger partial charge in [0.25, 0.3) is 0 Å². The lowest BCUT2D eigenvalue weighted by atomic mass is 9.80. The maximum absolute atomic E-state index is 2.33. The van der Waals surface area contributed by atoms with Gasteiger partial charge in [-0.15, -0.1) is 0 Å². The summed E-state index contributed by atoms with van der Waals surface area (Å²) in [5.41, 5.74) is 1.60. The van der Waals surface area contributed by atoms with Crippen LogP contribution in [0.1, 0.15) is 19.3 Å². The van der Waals surface area contributed by atoms with Gasteiger partial charge in [0.1, 0.15) is 0 Å². The molecule has 2 aliphatic rings. The summed E-state index contributed by atoms with van der Waals surface area (Å²) in [5, 5.41) is 0. The first-order chi connectivity index (χ1) is 3.97. The molecular weight excluding hydrogens is 96.1 g/mol. The van der Waals surface area contributed by atoms with Crippen molar-refractivity contribution in [2.75, 3.05) is 0 Å². The molecule has 0 aromatic heterocycles. The first-order valence-electron chi connectivity index (χ1n) is 3.18. The molecule has 0 spiro atoms. The van der Waals surface area contributed by atoms with E-state index in [9.17, 15) is 0 Å². The molecule has 1 radical (unpaired) electrons. The molecule has 2 rings (SSSR count). The van der Waals surface area contributed by atoms with E-state index in [1.807, 2.05) is 0 Å². The predicted octanol–water partition coefficient (Wildman–Crippen LogP) is 2.24. The fourth-order valence-corrected chi connectivity index (χ4v) is 1.05. The van der Waals surface area contributed by atoms with Gasteiger partial charge in [-0.05, 0) is 19.3 Å². The van der Waals surface area contributed by atoms with Gasteiger partial charge in [0.05, 0.1) is 0 Å². The van der Waals surface area contributed by atoms with Gasteiger partial charge in [-0.3, -0.25) is 0 Å². The lowest BCUT2D eigenvalue weighted by molar-refractivity contribution is 0.815. The second-order valence-corrected chi connectivity index (χ2v) is 2.40. The van der Waals surface area contributed by atoms with Crippen molar-refractivity contribution in [3.63, 3.8) is 0 Å². The summed E-state index contributed by atoms with van der Waals surface area (Å²) >= 11 is 0. The molecule has 8 heavy (non-hydrogen) atoms. The Labute approximate surface area is 49.9 Å². The van der Waals surface area contributed by atoms with E-state index in [4.69, 9.17) is 0 Å². The minimum Gasteiger partial charge on any atom is -0.0864 e. The molecule has 0 fully saturated rings. The Kier molecular flexibility index (Phi) is 0.806. The molecule has 0 heteroatoms. The average molecular weight is 105 g/mol. The zero-order valence-electron chi connectivity index (χ0n) is 4.85. The smallest absolute Gasteiger partial charge is 0.0257 e. The van der Waals surface area contributed by atoms with Gasteiger partial charge in [0.2, 0.25) is 0 Å². The topological polar surface area (TPSA) is 0 Å². The van der Waals surface area contributed by atoms with Crippen molar-refractivity contribution in [1.82, 2.24) is 0 Å². The third-order valence-corrected chi connectivity index (χ3v) is 1.87. The third kappa shape index (κ3) is 0.459. The van der Waals surface area contributed by atoms with Gasteiger partial charge in [0.15, 0.2) is 0 Å². The standard InChI is InChI=1S/C8H9/c1-3-7(4-1)8-5-2-6-8/h1,3,5H,2,4,6H2. The van der Waals surface area contributed by atoms with E-state index in [0.717, 1.165) is 0 Å². The number of hydrogen-bond acceptors (Lipinski definition) is 0. The molecule has 0 bridgehead atoms. The molecule has 0 atom stereocenters. The molecule has 0 aromatic carbocycles. The van der Waals surface area contributed by atoms with Crippen LogP contribution in [-0.2, 0) is 0 Å². The zero-order valence-corrected chi connectivity index (χ0v) is 4.85. The van der Waals surface area contributed by atoms with Crippen molar-refractivity contribution < 1.29 is 0 Å². The van der Waals surface area contributed by atoms with Gasteiger partial charge < -0.3 is 0 Å². The molecule has 0 amide bonds. The highest BCUT2D eigenvalue weighted by atomic mass is 14.2. The van der Waals surface area contributed by atoms with Gasteiger partial charge in [-0.2, -0.15) is 0 Å². The molecule has 0 aromatic rings. The number of allylic oxidation sites excluding steroid dienone is 4. The lowest BCUT2D eigenvalue weighted by Crippen LogP contribution is -2.08. The first kappa shape index (κ1) is 4.37. The summed E-state index contributed by atoms with van der Waals surface area (Å²) in [6, 6.07) is 0. The Morgan fingerprint density at radius 3 is 2.25 bits per heavy atom. The van der Waals surface area contributed by atoms with Gasteiger partial charge in [0, 0.05) is 5.92 Å². The maximum Gasteiger partial charge on any atom is 0.0257 e. The first-order valence-corrected chi connectivity index (χ1v) is 3.18. The third-order valence-electron chi connectivity index (χ3n) is 1.87. The Bertz CT molecular complexity index is 151. The quantitative estimate of drug-likeness (QED) is 0.479. The molecule has 41 valence electrons. The molecule has 0 N–H and O–H groups in total. The fourth-order valence-electron chi connectivity index (χ4n) is 1.05. The second kappa shape index (κ2) is 1.48. The Balaban J connectivity index is 2.07. The summed E-state index contributed by atoms with van der Waals surface area (Å²) in [6.07, 6.45) is 10.6. The largest absolute Gasteiger partial charge is 0.0864 e. The van der Waals surface area contributed by atoms with Gasteiger partial charge in [-0.1, -0.05) is 23.8 Å². The predicted molar refractivity (Wildman–Crippen MR) is 34.3 cm³/mol. The van der Waals surface area contributed by atoms with E-state index < -0.39 is 0 Å². The number of rotatable bonds is 1. The van der Waals surface area contributed by atoms with Gasteiger partial charge >= 0.3 is 0 Å². The monoisotopic (exact) mass is 105 g/mol. The zero-order chi connectivity index (χ0) is 5.40. The fraction of sp³-hybridized carbons (Fsp3) is 0.375. The number of hydrogen-bond donors (Lipinski definition) is 0. The lowest BCUT2D eigenvalue weighted by Gasteiger charge is -2.25. The van der Waals surface area contributed by atoms with Crippen LogP contribution in [0.15, 0.2) is 23.8 Å². The van der Waals surface area contributed by atoms with Crippen LogP contribution in [0.3, 0.4) is 0 Å². The van der Waals surface area contributed by atoms with Crippen LogP contribution in [0.5, 0.6) is 0 Å². The summed E-state index contributed by atoms with van der Waals surface area (Å²) in [6.45, 7) is 0. The highest BCUT2D eigenvalue weighted by Crippen LogP contribution is 2.35. The van der Waals surface area contributed by atoms with Crippen molar-refractivity contribution in [3.05, 3.63) is 29.7 Å². The van der Waals surface area contributed by atoms with Gasteiger partial charge in [-0.25, -0.2) is 0 Å². The van der Waals surface area contributed by atoms with E-state index in [1.54, 1.807) is 11.5 Å². The van der Waals surface area contributed by atoms with Crippen LogP contribution in [0, 0.1) is 5.92 Å². The Morgan fingerprint density at radius 1 is 1.38 bits per heavy atom. The minimum absolute atomic E-state index is 1.23. The van der Waals surface area contributed by atoms with Crippen LogP contribution >= 0.6 is 0 Å². The van der Waals surface area contributed by atoms with E-state index in [-0.39, 0.29) is 0 Å². The Hall–Kier alpha value is -0.520. The highest BCUT2D eigenvalue weighted by molar-refractivity contribution is 5.43. The molecule has 0 saturated heterocycles. The van der Waals surface area contributed by atoms with Crippen LogP contribution < -0.4 is 0 Å². The van der Waals surface area contributed by atoms with Crippen LogP contribution in [0.2, 0.25) is 0 Å². The summed E-state index contributed by atoms with van der Waals surface area (Å²) in [4.78, 5) is 0. The molecule has 0 unspecified atom stereocenters. The highest BCUT2D eigenvalue weighted by Gasteiger charge is 2.19. The van der Waals surface area contributed by atoms with E-state index in [2.05, 4.69) is 18.2 Å². The maximum atomic E-state index is 2.33. The van der Waals surface area contributed by atoms with Crippen LogP contribution in [-0.4, -0.2) is 0 Å². The average Bonchev–Trinajstić information content (AvgIpc) is 1.47. The molecule has 0 heterocycles. The molecular formula is C8H9. The summed E-state index contributed by atoms with van der Waals surface area (Å²) in [7, 11) is 0. The Morgan fingerprint density at radius 2 is 2.12 bits per heavy atom. The molecule has 0 saturated carbocycles. The normalized spacial score (nSPS) is 26.2. The molecule has 2 aliphatic carbocycles. The van der Waals surface area contributed by atoms with Crippen LogP contribution in [0.4, 0.5) is 0 Å². The minimum atomic E-state index is 1.23. The molecule has 0 nitrogen and oxygen atoms in total. The van der Waals surface area contributed by atoms with Crippen molar-refractivity contribution in [3.8, 4) is 0 Å². The summed E-state index contributed by atoms with van der Waals surface area (Å²) in [5.74, 6) is 1.58.